The minimum atomic E-state index is -4.72. The van der Waals surface area contributed by atoms with E-state index in [9.17, 15) is 32.7 Å². The highest BCUT2D eigenvalue weighted by molar-refractivity contribution is 9.10. The third-order valence-corrected chi connectivity index (χ3v) is 6.30. The van der Waals surface area contributed by atoms with Crippen LogP contribution in [0.15, 0.2) is 15.7 Å². The zero-order chi connectivity index (χ0) is 20.3. The maximum atomic E-state index is 13.0. The Morgan fingerprint density at radius 3 is 2.56 bits per heavy atom. The molecule has 2 aliphatic heterocycles. The lowest BCUT2D eigenvalue weighted by molar-refractivity contribution is -0.148. The fraction of sp³-hybridized carbons (Fsp3) is 0.429. The zero-order valence-electron chi connectivity index (χ0n) is 13.8. The van der Waals surface area contributed by atoms with Crippen LogP contribution in [-0.2, 0) is 22.8 Å². The van der Waals surface area contributed by atoms with Crippen LogP contribution in [0.1, 0.15) is 23.1 Å². The summed E-state index contributed by atoms with van der Waals surface area (Å²) in [5, 5.41) is 14.6. The van der Waals surface area contributed by atoms with E-state index in [1.807, 2.05) is 0 Å². The number of aromatic nitrogens is 2. The predicted molar refractivity (Wildman–Crippen MR) is 90.6 cm³/mol. The normalized spacial score (nSPS) is 22.4. The summed E-state index contributed by atoms with van der Waals surface area (Å²) in [6, 6.07) is -1.05. The lowest BCUT2D eigenvalue weighted by atomic mass is 10.0. The molecule has 27 heavy (non-hydrogen) atoms. The molecule has 2 aliphatic rings. The second kappa shape index (κ2) is 6.55. The molecule has 1 fully saturated rings. The van der Waals surface area contributed by atoms with Gasteiger partial charge in [0.15, 0.2) is 11.4 Å². The average molecular weight is 469 g/mol. The largest absolute Gasteiger partial charge is 0.477 e. The van der Waals surface area contributed by atoms with Gasteiger partial charge in [-0.05, 0) is 28.4 Å². The van der Waals surface area contributed by atoms with Crippen molar-refractivity contribution in [1.29, 1.82) is 0 Å². The van der Waals surface area contributed by atoms with Gasteiger partial charge < -0.3 is 10.4 Å². The van der Waals surface area contributed by atoms with E-state index in [4.69, 9.17) is 0 Å². The zero-order valence-corrected chi connectivity index (χ0v) is 16.2. The lowest BCUT2D eigenvalue weighted by Crippen LogP contribution is -2.70. The summed E-state index contributed by atoms with van der Waals surface area (Å²) in [7, 11) is 1.05. The van der Waals surface area contributed by atoms with Crippen LogP contribution in [0.2, 0.25) is 0 Å². The van der Waals surface area contributed by atoms with Crippen LogP contribution in [0.25, 0.3) is 0 Å². The maximum Gasteiger partial charge on any atom is 0.434 e. The van der Waals surface area contributed by atoms with Gasteiger partial charge in [0.2, 0.25) is 0 Å². The highest BCUT2D eigenvalue weighted by Crippen LogP contribution is 2.40. The van der Waals surface area contributed by atoms with Crippen LogP contribution in [0, 0.1) is 0 Å². The van der Waals surface area contributed by atoms with Crippen LogP contribution in [0.4, 0.5) is 13.2 Å². The van der Waals surface area contributed by atoms with Crippen molar-refractivity contribution in [2.24, 2.45) is 7.05 Å². The van der Waals surface area contributed by atoms with Crippen molar-refractivity contribution < 1.29 is 32.7 Å². The van der Waals surface area contributed by atoms with Crippen LogP contribution in [-0.4, -0.2) is 54.7 Å². The first-order valence-electron chi connectivity index (χ1n) is 7.43. The molecular formula is C14H12BrF3N4O4S. The minimum absolute atomic E-state index is 0.132. The van der Waals surface area contributed by atoms with Gasteiger partial charge in [0.1, 0.15) is 17.1 Å². The molecule has 13 heteroatoms. The summed E-state index contributed by atoms with van der Waals surface area (Å²) in [6.07, 6.45) is -4.72. The van der Waals surface area contributed by atoms with Crippen molar-refractivity contribution in [2.45, 2.75) is 24.5 Å². The summed E-state index contributed by atoms with van der Waals surface area (Å²) in [5.41, 5.74) is -1.26. The number of carbonyl (C=O) groups is 3. The molecule has 1 aromatic heterocycles. The number of rotatable bonds is 3. The fourth-order valence-electron chi connectivity index (χ4n) is 2.94. The van der Waals surface area contributed by atoms with Gasteiger partial charge in [-0.25, -0.2) is 4.79 Å². The SMILES string of the molecule is CC1=C(C(=O)O)N2C(=O)C(NC(=O)c3nn(C)c(C(F)(F)F)c3Br)C2SC1. The number of nitrogens with zero attached hydrogens (tertiary/aromatic N) is 3. The number of hydrogen-bond donors (Lipinski definition) is 2. The second-order valence-corrected chi connectivity index (χ2v) is 7.83. The number of aliphatic carboxylic acids is 1. The van der Waals surface area contributed by atoms with E-state index in [0.29, 0.717) is 16.0 Å². The summed E-state index contributed by atoms with van der Waals surface area (Å²) in [5.74, 6) is -2.50. The molecule has 2 unspecified atom stereocenters. The Hall–Kier alpha value is -2.02. The van der Waals surface area contributed by atoms with Gasteiger partial charge in [0, 0.05) is 12.8 Å². The number of fused-ring (bicyclic) bond motifs is 1. The van der Waals surface area contributed by atoms with Crippen molar-refractivity contribution >= 4 is 45.5 Å². The predicted octanol–water partition coefficient (Wildman–Crippen LogP) is 1.57. The van der Waals surface area contributed by atoms with Gasteiger partial charge in [-0.1, -0.05) is 0 Å². The van der Waals surface area contributed by atoms with Gasteiger partial charge in [-0.3, -0.25) is 19.2 Å². The van der Waals surface area contributed by atoms with E-state index in [0.717, 1.165) is 11.9 Å². The van der Waals surface area contributed by atoms with Crippen molar-refractivity contribution in [3.05, 3.63) is 27.1 Å². The molecule has 0 spiro atoms. The fourth-order valence-corrected chi connectivity index (χ4v) is 4.97. The first-order chi connectivity index (χ1) is 12.4. The summed E-state index contributed by atoms with van der Waals surface area (Å²) >= 11 is 4.00. The van der Waals surface area contributed by atoms with E-state index in [-0.39, 0.29) is 5.70 Å². The Labute approximate surface area is 162 Å². The van der Waals surface area contributed by atoms with Crippen LogP contribution >= 0.6 is 27.7 Å². The number of alkyl halides is 3. The lowest BCUT2D eigenvalue weighted by Gasteiger charge is -2.49. The molecule has 0 aromatic carbocycles. The molecule has 2 amide bonds. The number of carbonyl (C=O) groups excluding carboxylic acids is 2. The van der Waals surface area contributed by atoms with Crippen molar-refractivity contribution in [2.75, 3.05) is 5.75 Å². The first-order valence-corrected chi connectivity index (χ1v) is 9.27. The van der Waals surface area contributed by atoms with Gasteiger partial charge in [-0.15, -0.1) is 11.8 Å². The van der Waals surface area contributed by atoms with Gasteiger partial charge in [-0.2, -0.15) is 18.3 Å². The third-order valence-electron chi connectivity index (χ3n) is 4.12. The molecule has 0 radical (unpaired) electrons. The van der Waals surface area contributed by atoms with Crippen molar-refractivity contribution in [1.82, 2.24) is 20.0 Å². The summed E-state index contributed by atoms with van der Waals surface area (Å²) < 4.78 is 39.0. The monoisotopic (exact) mass is 468 g/mol. The number of thioether (sulfide) groups is 1. The van der Waals surface area contributed by atoms with E-state index in [1.165, 1.54) is 11.8 Å². The number of aryl methyl sites for hydroxylation is 1. The number of hydrogen-bond acceptors (Lipinski definition) is 5. The smallest absolute Gasteiger partial charge is 0.434 e. The molecule has 2 atom stereocenters. The number of carboxylic acids is 1. The standard InChI is InChI=1S/C14H12BrF3N4O4S/c1-4-3-27-12-7(11(24)22(12)8(4)13(25)26)19-10(23)6-5(15)9(14(16,17)18)21(2)20-6/h7,12H,3H2,1-2H3,(H,19,23)(H,25,26). The molecule has 0 saturated carbocycles. The van der Waals surface area contributed by atoms with Crippen LogP contribution < -0.4 is 5.32 Å². The third kappa shape index (κ3) is 3.12. The quantitative estimate of drug-likeness (QED) is 0.652. The second-order valence-electron chi connectivity index (χ2n) is 5.93. The molecule has 1 saturated heterocycles. The Morgan fingerprint density at radius 1 is 1.41 bits per heavy atom. The molecule has 3 heterocycles. The Morgan fingerprint density at radius 2 is 2.04 bits per heavy atom. The van der Waals surface area contributed by atoms with Crippen molar-refractivity contribution in [3.63, 3.8) is 0 Å². The van der Waals surface area contributed by atoms with Crippen LogP contribution in [0.3, 0.4) is 0 Å². The Bertz CT molecular complexity index is 898. The molecule has 1 aromatic rings. The first kappa shape index (κ1) is 19.7. The van der Waals surface area contributed by atoms with E-state index < -0.39 is 51.2 Å². The van der Waals surface area contributed by atoms with E-state index in [2.05, 4.69) is 26.3 Å². The molecule has 0 bridgehead atoms. The van der Waals surface area contributed by atoms with Crippen molar-refractivity contribution in [3.8, 4) is 0 Å². The number of amides is 2. The number of halogens is 4. The van der Waals surface area contributed by atoms with Gasteiger partial charge in [0.25, 0.3) is 11.8 Å². The van der Waals surface area contributed by atoms with E-state index >= 15 is 0 Å². The Kier molecular flexibility index (Phi) is 4.78. The topological polar surface area (TPSA) is 105 Å². The van der Waals surface area contributed by atoms with E-state index in [1.54, 1.807) is 6.92 Å². The number of carboxylic acid groups (broad SMARTS) is 1. The summed E-state index contributed by atoms with van der Waals surface area (Å²) in [4.78, 5) is 37.1. The molecule has 2 N–H and O–H groups in total. The Balaban J connectivity index is 1.82. The number of nitrogens with one attached hydrogen (secondary N) is 1. The molecule has 8 nitrogen and oxygen atoms in total. The highest BCUT2D eigenvalue weighted by atomic mass is 79.9. The van der Waals surface area contributed by atoms with Gasteiger partial charge >= 0.3 is 12.1 Å². The average Bonchev–Trinajstić information content (AvgIpc) is 2.86. The summed E-state index contributed by atoms with van der Waals surface area (Å²) in [6.45, 7) is 1.59. The minimum Gasteiger partial charge on any atom is -0.477 e. The van der Waals surface area contributed by atoms with Crippen LogP contribution in [0.5, 0.6) is 0 Å². The van der Waals surface area contributed by atoms with Gasteiger partial charge in [0.05, 0.1) is 4.47 Å². The molecule has 0 aliphatic carbocycles. The molecular weight excluding hydrogens is 457 g/mol. The number of β-lactam (4-membered cyclic amide) rings is 1. The molecule has 146 valence electrons. The maximum absolute atomic E-state index is 13.0. The highest BCUT2D eigenvalue weighted by Gasteiger charge is 2.54. The molecule has 3 rings (SSSR count).